The molecular formula is C13H15NO3S. The highest BCUT2D eigenvalue weighted by Gasteiger charge is 2.21. The zero-order valence-electron chi connectivity index (χ0n) is 10.8. The topological polar surface area (TPSA) is 59.3 Å². The second-order valence-corrected chi connectivity index (χ2v) is 5.51. The Morgan fingerprint density at radius 1 is 1.33 bits per heavy atom. The van der Waals surface area contributed by atoms with E-state index in [0.717, 1.165) is 15.3 Å². The summed E-state index contributed by atoms with van der Waals surface area (Å²) >= 11 is 1.55. The molecule has 0 atom stereocenters. The van der Waals surface area contributed by atoms with E-state index >= 15 is 0 Å². The predicted octanol–water partition coefficient (Wildman–Crippen LogP) is 2.71. The highest BCUT2D eigenvalue weighted by molar-refractivity contribution is 7.18. The molecule has 96 valence electrons. The van der Waals surface area contributed by atoms with Crippen molar-refractivity contribution >= 4 is 27.5 Å². The Bertz CT molecular complexity index is 709. The van der Waals surface area contributed by atoms with E-state index < -0.39 is 5.97 Å². The van der Waals surface area contributed by atoms with E-state index in [1.807, 2.05) is 25.3 Å². The molecule has 0 aromatic carbocycles. The van der Waals surface area contributed by atoms with E-state index in [0.29, 0.717) is 17.6 Å². The third kappa shape index (κ3) is 1.58. The molecule has 0 aliphatic rings. The van der Waals surface area contributed by atoms with Crippen LogP contribution in [0.4, 0.5) is 0 Å². The van der Waals surface area contributed by atoms with Crippen LogP contribution in [-0.2, 0) is 6.54 Å². The van der Waals surface area contributed by atoms with Crippen molar-refractivity contribution in [2.24, 2.45) is 0 Å². The van der Waals surface area contributed by atoms with Gasteiger partial charge in [-0.05, 0) is 33.3 Å². The van der Waals surface area contributed by atoms with Gasteiger partial charge in [0.2, 0.25) is 5.43 Å². The fourth-order valence-corrected chi connectivity index (χ4v) is 3.54. The molecule has 0 fully saturated rings. The van der Waals surface area contributed by atoms with Crippen molar-refractivity contribution in [2.45, 2.75) is 34.2 Å². The average Bonchev–Trinajstić information content (AvgIpc) is 2.55. The molecule has 0 aliphatic carbocycles. The number of thiophene rings is 1. The smallest absolute Gasteiger partial charge is 0.341 e. The highest BCUT2D eigenvalue weighted by Crippen LogP contribution is 2.29. The van der Waals surface area contributed by atoms with Gasteiger partial charge in [-0.25, -0.2) is 4.79 Å². The van der Waals surface area contributed by atoms with Crippen molar-refractivity contribution in [1.82, 2.24) is 4.57 Å². The van der Waals surface area contributed by atoms with Crippen LogP contribution in [0.5, 0.6) is 0 Å². The highest BCUT2D eigenvalue weighted by atomic mass is 32.1. The van der Waals surface area contributed by atoms with E-state index in [1.165, 1.54) is 0 Å². The normalized spacial score (nSPS) is 11.1. The van der Waals surface area contributed by atoms with Crippen molar-refractivity contribution < 1.29 is 9.90 Å². The number of aryl methyl sites for hydroxylation is 3. The standard InChI is InChI=1S/C13H15NO3S/c1-5-14-7(3)10(13(16)17)11(15)9-6(2)8(4)18-12(9)14/h5H2,1-4H3,(H,16,17). The van der Waals surface area contributed by atoms with E-state index in [1.54, 1.807) is 18.3 Å². The predicted molar refractivity (Wildman–Crippen MR) is 72.9 cm³/mol. The molecule has 0 spiro atoms. The van der Waals surface area contributed by atoms with Crippen LogP contribution >= 0.6 is 11.3 Å². The van der Waals surface area contributed by atoms with Crippen LogP contribution in [0.3, 0.4) is 0 Å². The number of hydrogen-bond acceptors (Lipinski definition) is 3. The minimum absolute atomic E-state index is 0.106. The lowest BCUT2D eigenvalue weighted by Gasteiger charge is -2.12. The van der Waals surface area contributed by atoms with Crippen molar-refractivity contribution in [2.75, 3.05) is 0 Å². The molecule has 2 heterocycles. The first kappa shape index (κ1) is 12.8. The van der Waals surface area contributed by atoms with Crippen molar-refractivity contribution in [3.05, 3.63) is 31.9 Å². The van der Waals surface area contributed by atoms with Gasteiger partial charge in [-0.2, -0.15) is 0 Å². The molecule has 4 nitrogen and oxygen atoms in total. The lowest BCUT2D eigenvalue weighted by atomic mass is 10.1. The van der Waals surface area contributed by atoms with Gasteiger partial charge in [0.25, 0.3) is 0 Å². The van der Waals surface area contributed by atoms with E-state index in [4.69, 9.17) is 0 Å². The number of aromatic nitrogens is 1. The fourth-order valence-electron chi connectivity index (χ4n) is 2.28. The minimum Gasteiger partial charge on any atom is -0.477 e. The molecule has 0 bridgehead atoms. The molecular weight excluding hydrogens is 250 g/mol. The molecule has 0 unspecified atom stereocenters. The van der Waals surface area contributed by atoms with Gasteiger partial charge in [-0.3, -0.25) is 4.79 Å². The molecule has 0 saturated heterocycles. The number of fused-ring (bicyclic) bond motifs is 1. The maximum Gasteiger partial charge on any atom is 0.341 e. The number of pyridine rings is 1. The Labute approximate surface area is 108 Å². The quantitative estimate of drug-likeness (QED) is 0.908. The van der Waals surface area contributed by atoms with Crippen LogP contribution < -0.4 is 5.43 Å². The van der Waals surface area contributed by atoms with Gasteiger partial charge in [-0.15, -0.1) is 11.3 Å². The number of carboxylic acids is 1. The Kier molecular flexibility index (Phi) is 3.02. The third-order valence-electron chi connectivity index (χ3n) is 3.36. The molecule has 2 aromatic heterocycles. The Morgan fingerprint density at radius 3 is 2.44 bits per heavy atom. The number of nitrogens with zero attached hydrogens (tertiary/aromatic N) is 1. The molecule has 0 aliphatic heterocycles. The number of rotatable bonds is 2. The lowest BCUT2D eigenvalue weighted by molar-refractivity contribution is 0.0694. The van der Waals surface area contributed by atoms with Gasteiger partial charge in [-0.1, -0.05) is 0 Å². The van der Waals surface area contributed by atoms with Crippen molar-refractivity contribution in [3.8, 4) is 0 Å². The van der Waals surface area contributed by atoms with Crippen LogP contribution in [0.15, 0.2) is 4.79 Å². The van der Waals surface area contributed by atoms with Crippen LogP contribution in [0, 0.1) is 20.8 Å². The summed E-state index contributed by atoms with van der Waals surface area (Å²) in [7, 11) is 0. The van der Waals surface area contributed by atoms with Gasteiger partial charge in [0, 0.05) is 17.1 Å². The molecule has 0 radical (unpaired) electrons. The lowest BCUT2D eigenvalue weighted by Crippen LogP contribution is -2.21. The molecule has 2 rings (SSSR count). The number of hydrogen-bond donors (Lipinski definition) is 1. The monoisotopic (exact) mass is 265 g/mol. The third-order valence-corrected chi connectivity index (χ3v) is 4.59. The summed E-state index contributed by atoms with van der Waals surface area (Å²) in [6, 6.07) is 0. The summed E-state index contributed by atoms with van der Waals surface area (Å²) in [6.45, 7) is 8.12. The fraction of sp³-hybridized carbons (Fsp3) is 0.385. The van der Waals surface area contributed by atoms with Crippen molar-refractivity contribution in [3.63, 3.8) is 0 Å². The number of carbonyl (C=O) groups is 1. The molecule has 0 saturated carbocycles. The Balaban J connectivity index is 3.11. The van der Waals surface area contributed by atoms with Crippen molar-refractivity contribution in [1.29, 1.82) is 0 Å². The van der Waals surface area contributed by atoms with Gasteiger partial charge in [0.15, 0.2) is 0 Å². The summed E-state index contributed by atoms with van der Waals surface area (Å²) in [5.74, 6) is -1.15. The molecule has 5 heteroatoms. The molecule has 2 aromatic rings. The summed E-state index contributed by atoms with van der Waals surface area (Å²) < 4.78 is 1.91. The minimum atomic E-state index is -1.15. The van der Waals surface area contributed by atoms with E-state index in [9.17, 15) is 14.7 Å². The largest absolute Gasteiger partial charge is 0.477 e. The van der Waals surface area contributed by atoms with Gasteiger partial charge in [0.05, 0.1) is 5.39 Å². The maximum atomic E-state index is 12.3. The first-order valence-corrected chi connectivity index (χ1v) is 6.58. The van der Waals surface area contributed by atoms with Gasteiger partial charge in [0.1, 0.15) is 10.4 Å². The maximum absolute atomic E-state index is 12.3. The summed E-state index contributed by atoms with van der Waals surface area (Å²) in [4.78, 5) is 25.5. The van der Waals surface area contributed by atoms with Crippen LogP contribution in [0.25, 0.3) is 10.2 Å². The zero-order valence-corrected chi connectivity index (χ0v) is 11.6. The summed E-state index contributed by atoms with van der Waals surface area (Å²) in [6.07, 6.45) is 0. The van der Waals surface area contributed by atoms with Crippen LogP contribution in [-0.4, -0.2) is 15.6 Å². The van der Waals surface area contributed by atoms with Crippen LogP contribution in [0.1, 0.15) is 33.4 Å². The van der Waals surface area contributed by atoms with Gasteiger partial charge >= 0.3 is 5.97 Å². The van der Waals surface area contributed by atoms with Gasteiger partial charge < -0.3 is 9.67 Å². The van der Waals surface area contributed by atoms with E-state index in [2.05, 4.69) is 0 Å². The second-order valence-electron chi connectivity index (χ2n) is 4.30. The van der Waals surface area contributed by atoms with Crippen LogP contribution in [0.2, 0.25) is 0 Å². The number of carboxylic acid groups (broad SMARTS) is 1. The average molecular weight is 265 g/mol. The Hall–Kier alpha value is -1.62. The first-order chi connectivity index (χ1) is 8.40. The van der Waals surface area contributed by atoms with E-state index in [-0.39, 0.29) is 11.0 Å². The summed E-state index contributed by atoms with van der Waals surface area (Å²) in [5, 5.41) is 9.77. The number of aromatic carboxylic acids is 1. The zero-order chi connectivity index (χ0) is 13.6. The molecule has 18 heavy (non-hydrogen) atoms. The Morgan fingerprint density at radius 2 is 1.94 bits per heavy atom. The second kappa shape index (κ2) is 4.24. The molecule has 0 amide bonds. The molecule has 1 N–H and O–H groups in total. The first-order valence-electron chi connectivity index (χ1n) is 5.76. The summed E-state index contributed by atoms with van der Waals surface area (Å²) in [5.41, 5.74) is 0.959. The SMILES string of the molecule is CCn1c(C)c(C(=O)O)c(=O)c2c(C)c(C)sc21.